The van der Waals surface area contributed by atoms with E-state index in [4.69, 9.17) is 4.74 Å². The molecule has 0 radical (unpaired) electrons. The molecule has 2 aromatic rings. The minimum atomic E-state index is -0.212. The van der Waals surface area contributed by atoms with Gasteiger partial charge in [-0.2, -0.15) is 5.10 Å². The molecule has 0 saturated carbocycles. The molecule has 1 aromatic carbocycles. The number of anilines is 1. The minimum Gasteiger partial charge on any atom is -0.496 e. The van der Waals surface area contributed by atoms with Crippen molar-refractivity contribution in [3.8, 4) is 5.75 Å². The Labute approximate surface area is 188 Å². The number of thioether (sulfide) groups is 1. The first kappa shape index (κ1) is 23.1. The van der Waals surface area contributed by atoms with Crippen LogP contribution in [0.5, 0.6) is 5.75 Å². The van der Waals surface area contributed by atoms with Crippen LogP contribution < -0.4 is 15.1 Å². The van der Waals surface area contributed by atoms with E-state index < -0.39 is 0 Å². The van der Waals surface area contributed by atoms with Crippen LogP contribution in [-0.4, -0.2) is 47.5 Å². The number of hydrogen-bond donors (Lipinski definition) is 1. The quantitative estimate of drug-likeness (QED) is 0.315. The molecule has 0 bridgehead atoms. The van der Waals surface area contributed by atoms with Gasteiger partial charge >= 0.3 is 0 Å². The number of fused-ring (bicyclic) bond motifs is 1. The molecule has 0 aliphatic carbocycles. The molecule has 1 aromatic heterocycles. The summed E-state index contributed by atoms with van der Waals surface area (Å²) in [6, 6.07) is 6.07. The van der Waals surface area contributed by atoms with E-state index in [-0.39, 0.29) is 17.2 Å². The number of methoxy groups -OCH3 is 1. The van der Waals surface area contributed by atoms with E-state index in [1.807, 2.05) is 19.9 Å². The fraction of sp³-hybridized carbons (Fsp3) is 0.478. The average molecular weight is 442 g/mol. The fourth-order valence-electron chi connectivity index (χ4n) is 3.98. The van der Waals surface area contributed by atoms with E-state index in [1.165, 1.54) is 23.0 Å². The Kier molecular flexibility index (Phi) is 6.89. The van der Waals surface area contributed by atoms with Crippen LogP contribution in [0.15, 0.2) is 28.5 Å². The summed E-state index contributed by atoms with van der Waals surface area (Å²) in [6.07, 6.45) is 2.70. The van der Waals surface area contributed by atoms with Gasteiger partial charge in [0.05, 0.1) is 19.1 Å². The molecule has 1 amide bonds. The third-order valence-electron chi connectivity index (χ3n) is 5.67. The zero-order valence-electron chi connectivity index (χ0n) is 19.3. The number of carbonyl (C=O) groups excluding carboxylic acids is 1. The van der Waals surface area contributed by atoms with Gasteiger partial charge in [-0.3, -0.25) is 4.79 Å². The third kappa shape index (κ3) is 5.36. The number of amides is 1. The topological polar surface area (TPSA) is 79.7 Å². The number of aromatic nitrogens is 2. The molecular weight excluding hydrogens is 410 g/mol. The molecule has 166 valence electrons. The molecule has 31 heavy (non-hydrogen) atoms. The average Bonchev–Trinajstić information content (AvgIpc) is 2.69. The number of hydrazone groups is 1. The van der Waals surface area contributed by atoms with Crippen molar-refractivity contribution in [3.63, 3.8) is 0 Å². The van der Waals surface area contributed by atoms with Gasteiger partial charge in [-0.15, -0.1) is 0 Å². The van der Waals surface area contributed by atoms with E-state index in [0.29, 0.717) is 11.1 Å². The van der Waals surface area contributed by atoms with Crippen molar-refractivity contribution in [1.82, 2.24) is 15.4 Å². The standard InChI is InChI=1S/C23H31N5O2S/c1-14-11-23(4,5)28(6)19-10-20(30-7)17(9-18(14)19)12-24-27-21(29)13-31-22-25-15(2)8-16(3)26-22/h8-10,12,14H,11,13H2,1-7H3,(H,27,29)/b24-12-. The van der Waals surface area contributed by atoms with Crippen molar-refractivity contribution in [3.05, 3.63) is 40.7 Å². The molecule has 7 nitrogen and oxygen atoms in total. The highest BCUT2D eigenvalue weighted by Crippen LogP contribution is 2.44. The van der Waals surface area contributed by atoms with Crippen LogP contribution in [0.2, 0.25) is 0 Å². The molecule has 1 N–H and O–H groups in total. The van der Waals surface area contributed by atoms with E-state index in [9.17, 15) is 4.79 Å². The second-order valence-electron chi connectivity index (χ2n) is 8.64. The first-order valence-electron chi connectivity index (χ1n) is 10.3. The molecule has 0 spiro atoms. The molecule has 0 saturated heterocycles. The maximum absolute atomic E-state index is 12.2. The van der Waals surface area contributed by atoms with Gasteiger partial charge in [0, 0.05) is 41.3 Å². The van der Waals surface area contributed by atoms with Crippen LogP contribution in [0.4, 0.5) is 5.69 Å². The van der Waals surface area contributed by atoms with Gasteiger partial charge in [0.15, 0.2) is 5.16 Å². The Bertz CT molecular complexity index is 985. The second-order valence-corrected chi connectivity index (χ2v) is 9.59. The molecule has 3 rings (SSSR count). The lowest BCUT2D eigenvalue weighted by atomic mass is 9.80. The predicted octanol–water partition coefficient (Wildman–Crippen LogP) is 4.07. The first-order chi connectivity index (χ1) is 14.6. The third-order valence-corrected chi connectivity index (χ3v) is 6.52. The Morgan fingerprint density at radius 2 is 2.00 bits per heavy atom. The van der Waals surface area contributed by atoms with Crippen LogP contribution in [0.1, 0.15) is 55.6 Å². The molecule has 1 unspecified atom stereocenters. The van der Waals surface area contributed by atoms with E-state index in [0.717, 1.165) is 29.1 Å². The summed E-state index contributed by atoms with van der Waals surface area (Å²) in [5, 5.41) is 4.74. The lowest BCUT2D eigenvalue weighted by molar-refractivity contribution is -0.118. The smallest absolute Gasteiger partial charge is 0.250 e. The molecule has 1 aliphatic heterocycles. The Balaban J connectivity index is 1.69. The summed E-state index contributed by atoms with van der Waals surface area (Å²) < 4.78 is 5.60. The molecule has 0 fully saturated rings. The van der Waals surface area contributed by atoms with Gasteiger partial charge in [-0.25, -0.2) is 15.4 Å². The van der Waals surface area contributed by atoms with Crippen LogP contribution in [-0.2, 0) is 4.79 Å². The molecule has 2 heterocycles. The number of nitrogens with zero attached hydrogens (tertiary/aromatic N) is 4. The summed E-state index contributed by atoms with van der Waals surface area (Å²) in [7, 11) is 3.77. The molecular formula is C23H31N5O2S. The number of hydrogen-bond acceptors (Lipinski definition) is 7. The minimum absolute atomic E-state index is 0.0816. The SMILES string of the molecule is COc1cc2c(cc1/C=N\NC(=O)CSc1nc(C)cc(C)n1)C(C)CC(C)(C)N2C. The highest BCUT2D eigenvalue weighted by Gasteiger charge is 2.34. The predicted molar refractivity (Wildman–Crippen MR) is 126 cm³/mol. The second kappa shape index (κ2) is 9.26. The van der Waals surface area contributed by atoms with Crippen molar-refractivity contribution in [1.29, 1.82) is 0 Å². The number of ether oxygens (including phenoxy) is 1. The Hall–Kier alpha value is -2.61. The number of nitrogens with one attached hydrogen (secondary N) is 1. The zero-order valence-corrected chi connectivity index (χ0v) is 20.1. The van der Waals surface area contributed by atoms with Crippen molar-refractivity contribution < 1.29 is 9.53 Å². The van der Waals surface area contributed by atoms with Gasteiger partial charge < -0.3 is 9.64 Å². The Morgan fingerprint density at radius 3 is 2.65 bits per heavy atom. The van der Waals surface area contributed by atoms with E-state index >= 15 is 0 Å². The zero-order chi connectivity index (χ0) is 22.8. The molecule has 1 atom stereocenters. The lowest BCUT2D eigenvalue weighted by Crippen LogP contribution is -2.45. The summed E-state index contributed by atoms with van der Waals surface area (Å²) in [6.45, 7) is 10.6. The number of benzene rings is 1. The highest BCUT2D eigenvalue weighted by molar-refractivity contribution is 7.99. The summed E-state index contributed by atoms with van der Waals surface area (Å²) >= 11 is 1.29. The normalized spacial score (nSPS) is 17.5. The van der Waals surface area contributed by atoms with Crippen molar-refractivity contribution in [2.45, 2.75) is 57.7 Å². The van der Waals surface area contributed by atoms with E-state index in [2.05, 4.69) is 65.3 Å². The van der Waals surface area contributed by atoms with Gasteiger partial charge in [-0.1, -0.05) is 18.7 Å². The number of carbonyl (C=O) groups is 1. The summed E-state index contributed by atoms with van der Waals surface area (Å²) in [5.41, 5.74) is 7.71. The lowest BCUT2D eigenvalue weighted by Gasteiger charge is -2.45. The molecule has 8 heteroatoms. The largest absolute Gasteiger partial charge is 0.496 e. The molecule has 1 aliphatic rings. The number of aryl methyl sites for hydroxylation is 2. The van der Waals surface area contributed by atoms with Crippen LogP contribution in [0.3, 0.4) is 0 Å². The van der Waals surface area contributed by atoms with Gasteiger partial charge in [0.1, 0.15) is 5.75 Å². The van der Waals surface area contributed by atoms with Crippen molar-refractivity contribution in [2.75, 3.05) is 24.8 Å². The first-order valence-corrected chi connectivity index (χ1v) is 11.3. The van der Waals surface area contributed by atoms with Gasteiger partial charge in [0.2, 0.25) is 0 Å². The van der Waals surface area contributed by atoms with Gasteiger partial charge in [-0.05, 0) is 57.7 Å². The van der Waals surface area contributed by atoms with Crippen molar-refractivity contribution in [2.24, 2.45) is 5.10 Å². The maximum Gasteiger partial charge on any atom is 0.250 e. The van der Waals surface area contributed by atoms with E-state index in [1.54, 1.807) is 13.3 Å². The maximum atomic E-state index is 12.2. The van der Waals surface area contributed by atoms with Crippen LogP contribution in [0, 0.1) is 13.8 Å². The fourth-order valence-corrected chi connectivity index (χ4v) is 4.72. The van der Waals surface area contributed by atoms with Crippen LogP contribution >= 0.6 is 11.8 Å². The number of rotatable bonds is 6. The van der Waals surface area contributed by atoms with Gasteiger partial charge in [0.25, 0.3) is 5.91 Å². The van der Waals surface area contributed by atoms with Crippen LogP contribution in [0.25, 0.3) is 0 Å². The van der Waals surface area contributed by atoms with Crippen molar-refractivity contribution >= 4 is 29.6 Å². The highest BCUT2D eigenvalue weighted by atomic mass is 32.2. The summed E-state index contributed by atoms with van der Waals surface area (Å²) in [4.78, 5) is 23.2. The monoisotopic (exact) mass is 441 g/mol. The Morgan fingerprint density at radius 1 is 1.32 bits per heavy atom. The summed E-state index contributed by atoms with van der Waals surface area (Å²) in [5.74, 6) is 1.13.